The van der Waals surface area contributed by atoms with Crippen LogP contribution in [0.1, 0.15) is 51.9 Å². The summed E-state index contributed by atoms with van der Waals surface area (Å²) in [6, 6.07) is 0.402. The van der Waals surface area contributed by atoms with Crippen molar-refractivity contribution < 1.29 is 0 Å². The number of hydrogen-bond acceptors (Lipinski definition) is 2. The van der Waals surface area contributed by atoms with Crippen molar-refractivity contribution in [2.24, 2.45) is 11.7 Å². The van der Waals surface area contributed by atoms with Crippen molar-refractivity contribution in [2.45, 2.75) is 57.9 Å². The SMILES string of the molecule is CCC(N)CCN(C)CC1CCCCC1. The van der Waals surface area contributed by atoms with Gasteiger partial charge in [-0.1, -0.05) is 26.2 Å². The van der Waals surface area contributed by atoms with Crippen LogP contribution in [0.3, 0.4) is 0 Å². The van der Waals surface area contributed by atoms with Gasteiger partial charge in [-0.3, -0.25) is 0 Å². The molecular formula is C13H28N2. The molecule has 90 valence electrons. The molecule has 1 saturated carbocycles. The molecule has 0 aliphatic heterocycles. The summed E-state index contributed by atoms with van der Waals surface area (Å²) in [6.45, 7) is 4.63. The molecule has 15 heavy (non-hydrogen) atoms. The molecule has 0 aromatic rings. The van der Waals surface area contributed by atoms with Gasteiger partial charge in [0.2, 0.25) is 0 Å². The maximum absolute atomic E-state index is 5.93. The van der Waals surface area contributed by atoms with E-state index in [4.69, 9.17) is 5.73 Å². The topological polar surface area (TPSA) is 29.3 Å². The molecule has 1 rings (SSSR count). The van der Waals surface area contributed by atoms with Crippen LogP contribution in [0.25, 0.3) is 0 Å². The Labute approximate surface area is 95.2 Å². The largest absolute Gasteiger partial charge is 0.328 e. The summed E-state index contributed by atoms with van der Waals surface area (Å²) in [6.07, 6.45) is 9.52. The molecular weight excluding hydrogens is 184 g/mol. The minimum absolute atomic E-state index is 0.402. The highest BCUT2D eigenvalue weighted by atomic mass is 15.1. The van der Waals surface area contributed by atoms with Gasteiger partial charge < -0.3 is 10.6 Å². The fourth-order valence-electron chi connectivity index (χ4n) is 2.49. The summed E-state index contributed by atoms with van der Waals surface area (Å²) in [4.78, 5) is 2.48. The smallest absolute Gasteiger partial charge is 0.00483 e. The molecule has 1 aliphatic carbocycles. The van der Waals surface area contributed by atoms with Crippen molar-refractivity contribution >= 4 is 0 Å². The van der Waals surface area contributed by atoms with E-state index in [1.54, 1.807) is 0 Å². The van der Waals surface area contributed by atoms with Gasteiger partial charge >= 0.3 is 0 Å². The Bertz CT molecular complexity index is 153. The van der Waals surface area contributed by atoms with Crippen LogP contribution in [0.4, 0.5) is 0 Å². The fourth-order valence-corrected chi connectivity index (χ4v) is 2.49. The van der Waals surface area contributed by atoms with Crippen molar-refractivity contribution in [2.75, 3.05) is 20.1 Å². The van der Waals surface area contributed by atoms with Gasteiger partial charge in [0.1, 0.15) is 0 Å². The Morgan fingerprint density at radius 2 is 1.93 bits per heavy atom. The van der Waals surface area contributed by atoms with E-state index >= 15 is 0 Å². The first kappa shape index (κ1) is 13.0. The van der Waals surface area contributed by atoms with Crippen molar-refractivity contribution in [3.05, 3.63) is 0 Å². The summed E-state index contributed by atoms with van der Waals surface area (Å²) in [7, 11) is 2.25. The van der Waals surface area contributed by atoms with Crippen LogP contribution in [0.2, 0.25) is 0 Å². The lowest BCUT2D eigenvalue weighted by molar-refractivity contribution is 0.227. The third-order valence-corrected chi connectivity index (χ3v) is 3.70. The van der Waals surface area contributed by atoms with Gasteiger partial charge in [0.05, 0.1) is 0 Å². The van der Waals surface area contributed by atoms with Crippen LogP contribution in [-0.2, 0) is 0 Å². The van der Waals surface area contributed by atoms with Gasteiger partial charge in [-0.2, -0.15) is 0 Å². The lowest BCUT2D eigenvalue weighted by Gasteiger charge is -2.27. The molecule has 0 heterocycles. The molecule has 2 heteroatoms. The number of rotatable bonds is 6. The Morgan fingerprint density at radius 1 is 1.27 bits per heavy atom. The van der Waals surface area contributed by atoms with Crippen LogP contribution in [0, 0.1) is 5.92 Å². The summed E-state index contributed by atoms with van der Waals surface area (Å²) in [5.41, 5.74) is 5.93. The van der Waals surface area contributed by atoms with E-state index in [0.29, 0.717) is 6.04 Å². The van der Waals surface area contributed by atoms with Crippen molar-refractivity contribution in [1.29, 1.82) is 0 Å². The predicted molar refractivity (Wildman–Crippen MR) is 67.0 cm³/mol. The second-order valence-corrected chi connectivity index (χ2v) is 5.22. The molecule has 2 nitrogen and oxygen atoms in total. The first-order chi connectivity index (χ1) is 7.22. The average Bonchev–Trinajstić information content (AvgIpc) is 2.27. The van der Waals surface area contributed by atoms with Crippen LogP contribution < -0.4 is 5.73 Å². The monoisotopic (exact) mass is 212 g/mol. The normalized spacial score (nSPS) is 20.8. The highest BCUT2D eigenvalue weighted by Gasteiger charge is 2.15. The maximum Gasteiger partial charge on any atom is 0.00483 e. The predicted octanol–water partition coefficient (Wildman–Crippen LogP) is 2.63. The van der Waals surface area contributed by atoms with Gasteiger partial charge in [0.25, 0.3) is 0 Å². The molecule has 0 spiro atoms. The van der Waals surface area contributed by atoms with E-state index in [-0.39, 0.29) is 0 Å². The quantitative estimate of drug-likeness (QED) is 0.733. The fraction of sp³-hybridized carbons (Fsp3) is 1.00. The molecule has 1 fully saturated rings. The zero-order chi connectivity index (χ0) is 11.1. The van der Waals surface area contributed by atoms with E-state index in [1.807, 2.05) is 0 Å². The second kappa shape index (κ2) is 7.24. The molecule has 0 aromatic heterocycles. The van der Waals surface area contributed by atoms with E-state index in [2.05, 4.69) is 18.9 Å². The Morgan fingerprint density at radius 3 is 2.53 bits per heavy atom. The van der Waals surface area contributed by atoms with Gasteiger partial charge in [0, 0.05) is 12.6 Å². The lowest BCUT2D eigenvalue weighted by atomic mass is 9.89. The Hall–Kier alpha value is -0.0800. The molecule has 1 atom stereocenters. The summed E-state index contributed by atoms with van der Waals surface area (Å²) < 4.78 is 0. The standard InChI is InChI=1S/C13H28N2/c1-3-13(14)9-10-15(2)11-12-7-5-4-6-8-12/h12-13H,3-11,14H2,1-2H3. The minimum Gasteiger partial charge on any atom is -0.328 e. The molecule has 1 aliphatic rings. The summed E-state index contributed by atoms with van der Waals surface area (Å²) >= 11 is 0. The van der Waals surface area contributed by atoms with Crippen LogP contribution in [-0.4, -0.2) is 31.1 Å². The van der Waals surface area contributed by atoms with E-state index in [9.17, 15) is 0 Å². The van der Waals surface area contributed by atoms with Gasteiger partial charge in [-0.05, 0) is 45.2 Å². The maximum atomic E-state index is 5.93. The van der Waals surface area contributed by atoms with E-state index in [0.717, 1.165) is 18.8 Å². The zero-order valence-corrected chi connectivity index (χ0v) is 10.5. The first-order valence-electron chi connectivity index (χ1n) is 6.66. The molecule has 0 amide bonds. The molecule has 0 saturated heterocycles. The Kier molecular flexibility index (Phi) is 6.26. The van der Waals surface area contributed by atoms with Crippen molar-refractivity contribution in [3.63, 3.8) is 0 Å². The van der Waals surface area contributed by atoms with Crippen LogP contribution in [0.5, 0.6) is 0 Å². The average molecular weight is 212 g/mol. The highest BCUT2D eigenvalue weighted by molar-refractivity contribution is 4.70. The lowest BCUT2D eigenvalue weighted by Crippen LogP contribution is -2.31. The minimum atomic E-state index is 0.402. The number of nitrogens with zero attached hydrogens (tertiary/aromatic N) is 1. The molecule has 0 bridgehead atoms. The molecule has 0 aromatic carbocycles. The van der Waals surface area contributed by atoms with E-state index < -0.39 is 0 Å². The zero-order valence-electron chi connectivity index (χ0n) is 10.5. The summed E-state index contributed by atoms with van der Waals surface area (Å²) in [5, 5.41) is 0. The van der Waals surface area contributed by atoms with Crippen LogP contribution >= 0.6 is 0 Å². The third-order valence-electron chi connectivity index (χ3n) is 3.70. The number of hydrogen-bond donors (Lipinski definition) is 1. The second-order valence-electron chi connectivity index (χ2n) is 5.22. The van der Waals surface area contributed by atoms with Gasteiger partial charge in [0.15, 0.2) is 0 Å². The molecule has 2 N–H and O–H groups in total. The van der Waals surface area contributed by atoms with Crippen molar-refractivity contribution in [3.8, 4) is 0 Å². The van der Waals surface area contributed by atoms with Gasteiger partial charge in [-0.15, -0.1) is 0 Å². The molecule has 1 unspecified atom stereocenters. The summed E-state index contributed by atoms with van der Waals surface area (Å²) in [5.74, 6) is 0.960. The molecule has 0 radical (unpaired) electrons. The van der Waals surface area contributed by atoms with Crippen molar-refractivity contribution in [1.82, 2.24) is 4.90 Å². The van der Waals surface area contributed by atoms with Crippen LogP contribution in [0.15, 0.2) is 0 Å². The van der Waals surface area contributed by atoms with Gasteiger partial charge in [-0.25, -0.2) is 0 Å². The highest BCUT2D eigenvalue weighted by Crippen LogP contribution is 2.24. The third kappa shape index (κ3) is 5.53. The number of nitrogens with two attached hydrogens (primary N) is 1. The van der Waals surface area contributed by atoms with E-state index in [1.165, 1.54) is 45.2 Å². The first-order valence-corrected chi connectivity index (χ1v) is 6.66. The Balaban J connectivity index is 2.08.